The van der Waals surface area contributed by atoms with E-state index in [9.17, 15) is 15.2 Å². The zero-order chi connectivity index (χ0) is 15.7. The molecule has 0 aliphatic rings. The van der Waals surface area contributed by atoms with Gasteiger partial charge in [-0.05, 0) is 18.3 Å². The summed E-state index contributed by atoms with van der Waals surface area (Å²) in [5.74, 6) is -0.364. The maximum absolute atomic E-state index is 11.8. The number of aromatic nitrogens is 2. The average molecular weight is 328 g/mol. The van der Waals surface area contributed by atoms with Crippen molar-refractivity contribution in [3.8, 4) is 11.9 Å². The van der Waals surface area contributed by atoms with Gasteiger partial charge in [-0.2, -0.15) is 5.26 Å². The summed E-state index contributed by atoms with van der Waals surface area (Å²) in [6, 6.07) is 9.57. The number of nitriles is 1. The number of aromatic amines is 2. The van der Waals surface area contributed by atoms with Crippen LogP contribution >= 0.6 is 23.6 Å². The highest BCUT2D eigenvalue weighted by molar-refractivity contribution is 7.71. The molecule has 2 aromatic heterocycles. The SMILES string of the molecule is N#Cc1c(N=Cc2c(O)[nH]c(=S)[nH]c2=O)sc2ccccc12. The number of aromatic hydroxyl groups is 1. The van der Waals surface area contributed by atoms with Crippen LogP contribution in [0.25, 0.3) is 10.1 Å². The molecule has 0 spiro atoms. The maximum Gasteiger partial charge on any atom is 0.264 e. The van der Waals surface area contributed by atoms with E-state index in [4.69, 9.17) is 12.2 Å². The number of thiophene rings is 1. The molecular weight excluding hydrogens is 320 g/mol. The van der Waals surface area contributed by atoms with Crippen LogP contribution in [0, 0.1) is 16.1 Å². The number of rotatable bonds is 2. The van der Waals surface area contributed by atoms with Gasteiger partial charge in [-0.25, -0.2) is 4.99 Å². The van der Waals surface area contributed by atoms with E-state index >= 15 is 0 Å². The normalized spacial score (nSPS) is 11.0. The Hall–Kier alpha value is -2.76. The molecule has 0 radical (unpaired) electrons. The molecule has 3 N–H and O–H groups in total. The summed E-state index contributed by atoms with van der Waals surface area (Å²) in [5, 5.41) is 20.3. The van der Waals surface area contributed by atoms with Gasteiger partial charge in [0.1, 0.15) is 16.6 Å². The fraction of sp³-hybridized carbons (Fsp3) is 0. The van der Waals surface area contributed by atoms with Crippen molar-refractivity contribution >= 4 is 44.9 Å². The number of nitrogens with zero attached hydrogens (tertiary/aromatic N) is 2. The van der Waals surface area contributed by atoms with Gasteiger partial charge in [-0.3, -0.25) is 9.78 Å². The highest BCUT2D eigenvalue weighted by Gasteiger charge is 2.11. The Morgan fingerprint density at radius 3 is 2.86 bits per heavy atom. The molecule has 22 heavy (non-hydrogen) atoms. The third-order valence-corrected chi connectivity index (χ3v) is 4.24. The van der Waals surface area contributed by atoms with Crippen molar-refractivity contribution in [2.24, 2.45) is 4.99 Å². The third kappa shape index (κ3) is 2.43. The van der Waals surface area contributed by atoms with Crippen molar-refractivity contribution in [1.82, 2.24) is 9.97 Å². The van der Waals surface area contributed by atoms with Crippen molar-refractivity contribution in [3.63, 3.8) is 0 Å². The second kappa shape index (κ2) is 5.55. The Morgan fingerprint density at radius 2 is 2.14 bits per heavy atom. The number of benzene rings is 1. The van der Waals surface area contributed by atoms with Gasteiger partial charge in [0.2, 0.25) is 5.88 Å². The molecule has 0 fully saturated rings. The van der Waals surface area contributed by atoms with Gasteiger partial charge in [-0.1, -0.05) is 18.2 Å². The molecule has 0 amide bonds. The largest absolute Gasteiger partial charge is 0.494 e. The van der Waals surface area contributed by atoms with Crippen LogP contribution in [0.5, 0.6) is 5.88 Å². The molecular formula is C14H8N4O2S2. The van der Waals surface area contributed by atoms with E-state index in [1.807, 2.05) is 24.3 Å². The van der Waals surface area contributed by atoms with Crippen molar-refractivity contribution < 1.29 is 5.11 Å². The molecule has 0 aliphatic carbocycles. The first-order valence-electron chi connectivity index (χ1n) is 6.11. The number of fused-ring (bicyclic) bond motifs is 1. The van der Waals surface area contributed by atoms with Crippen molar-refractivity contribution in [2.75, 3.05) is 0 Å². The van der Waals surface area contributed by atoms with Crippen LogP contribution in [0.4, 0.5) is 5.00 Å². The van der Waals surface area contributed by atoms with Crippen LogP contribution in [0.15, 0.2) is 34.1 Å². The molecule has 3 rings (SSSR count). The van der Waals surface area contributed by atoms with Crippen LogP contribution in [0.1, 0.15) is 11.1 Å². The van der Waals surface area contributed by atoms with E-state index in [-0.39, 0.29) is 16.2 Å². The lowest BCUT2D eigenvalue weighted by Gasteiger charge is -1.96. The summed E-state index contributed by atoms with van der Waals surface area (Å²) < 4.78 is 0.955. The van der Waals surface area contributed by atoms with Gasteiger partial charge in [0, 0.05) is 16.3 Å². The van der Waals surface area contributed by atoms with E-state index in [2.05, 4.69) is 21.0 Å². The number of H-pyrrole nitrogens is 2. The number of nitrogens with one attached hydrogen (secondary N) is 2. The minimum Gasteiger partial charge on any atom is -0.494 e. The molecule has 1 aromatic carbocycles. The first-order chi connectivity index (χ1) is 10.6. The number of hydrogen-bond acceptors (Lipinski definition) is 6. The molecule has 8 heteroatoms. The maximum atomic E-state index is 11.8. The molecule has 0 bridgehead atoms. The minimum absolute atomic E-state index is 0.0271. The summed E-state index contributed by atoms with van der Waals surface area (Å²) in [7, 11) is 0. The lowest BCUT2D eigenvalue weighted by atomic mass is 10.2. The van der Waals surface area contributed by atoms with E-state index in [0.717, 1.165) is 10.1 Å². The van der Waals surface area contributed by atoms with Crippen LogP contribution < -0.4 is 5.56 Å². The fourth-order valence-corrected chi connectivity index (χ4v) is 3.15. The van der Waals surface area contributed by atoms with Gasteiger partial charge >= 0.3 is 0 Å². The van der Waals surface area contributed by atoms with Crippen LogP contribution in [0.3, 0.4) is 0 Å². The lowest BCUT2D eigenvalue weighted by Crippen LogP contribution is -2.13. The molecule has 0 saturated carbocycles. The van der Waals surface area contributed by atoms with Crippen LogP contribution in [0.2, 0.25) is 0 Å². The summed E-state index contributed by atoms with van der Waals surface area (Å²) in [6.07, 6.45) is 1.21. The van der Waals surface area contributed by atoms with Gasteiger partial charge in [0.25, 0.3) is 5.56 Å². The summed E-state index contributed by atoms with van der Waals surface area (Å²) in [4.78, 5) is 20.7. The van der Waals surface area contributed by atoms with Crippen molar-refractivity contribution in [1.29, 1.82) is 5.26 Å². The summed E-state index contributed by atoms with van der Waals surface area (Å²) in [6.45, 7) is 0. The van der Waals surface area contributed by atoms with Gasteiger partial charge < -0.3 is 10.1 Å². The summed E-state index contributed by atoms with van der Waals surface area (Å²) in [5.41, 5.74) is -0.156. The molecule has 3 aromatic rings. The molecule has 108 valence electrons. The second-order valence-corrected chi connectivity index (χ2v) is 5.76. The predicted molar refractivity (Wildman–Crippen MR) is 87.7 cm³/mol. The smallest absolute Gasteiger partial charge is 0.264 e. The van der Waals surface area contributed by atoms with E-state index in [1.54, 1.807) is 0 Å². The predicted octanol–water partition coefficient (Wildman–Crippen LogP) is 2.98. The topological polar surface area (TPSA) is 105 Å². The Labute approximate surface area is 133 Å². The lowest BCUT2D eigenvalue weighted by molar-refractivity contribution is 0.449. The third-order valence-electron chi connectivity index (χ3n) is 2.96. The Balaban J connectivity index is 2.13. The molecule has 0 unspecified atom stereocenters. The molecule has 0 saturated heterocycles. The Morgan fingerprint density at radius 1 is 1.36 bits per heavy atom. The van der Waals surface area contributed by atoms with E-state index in [0.29, 0.717) is 10.6 Å². The zero-order valence-corrected chi connectivity index (χ0v) is 12.6. The molecule has 2 heterocycles. The number of aliphatic imine (C=N–C) groups is 1. The van der Waals surface area contributed by atoms with Gasteiger partial charge in [0.15, 0.2) is 4.77 Å². The minimum atomic E-state index is -0.551. The van der Waals surface area contributed by atoms with Crippen LogP contribution in [-0.2, 0) is 0 Å². The summed E-state index contributed by atoms with van der Waals surface area (Å²) >= 11 is 6.09. The first-order valence-corrected chi connectivity index (χ1v) is 7.34. The fourth-order valence-electron chi connectivity index (χ4n) is 1.96. The highest BCUT2D eigenvalue weighted by Crippen LogP contribution is 2.36. The Bertz CT molecular complexity index is 1050. The quantitative estimate of drug-likeness (QED) is 0.497. The second-order valence-electron chi connectivity index (χ2n) is 4.32. The van der Waals surface area contributed by atoms with Gasteiger partial charge in [-0.15, -0.1) is 11.3 Å². The van der Waals surface area contributed by atoms with E-state index in [1.165, 1.54) is 17.6 Å². The molecule has 0 aliphatic heterocycles. The Kier molecular flexibility index (Phi) is 3.58. The van der Waals surface area contributed by atoms with Crippen LogP contribution in [-0.4, -0.2) is 21.3 Å². The van der Waals surface area contributed by atoms with Gasteiger partial charge in [0.05, 0.1) is 5.56 Å². The highest BCUT2D eigenvalue weighted by atomic mass is 32.1. The standard InChI is InChI=1S/C14H8N4O2S2/c15-5-8-7-3-1-2-4-10(7)22-13(8)16-6-9-11(19)17-14(21)18-12(9)20/h1-4,6H,(H3,17,18,19,20,21). The molecule has 6 nitrogen and oxygen atoms in total. The van der Waals surface area contributed by atoms with Crippen molar-refractivity contribution in [2.45, 2.75) is 0 Å². The van der Waals surface area contributed by atoms with E-state index < -0.39 is 5.56 Å². The van der Waals surface area contributed by atoms with Crippen molar-refractivity contribution in [3.05, 3.63) is 50.5 Å². The zero-order valence-electron chi connectivity index (χ0n) is 11.0. The monoisotopic (exact) mass is 328 g/mol. The molecule has 0 atom stereocenters. The average Bonchev–Trinajstić information content (AvgIpc) is 2.83. The number of hydrogen-bond donors (Lipinski definition) is 3. The first kappa shape index (κ1) is 14.2.